The molecule has 15 heavy (non-hydrogen) atoms. The lowest BCUT2D eigenvalue weighted by molar-refractivity contribution is -0.140. The highest BCUT2D eigenvalue weighted by atomic mass is 32.2. The number of ether oxygens (including phenoxy) is 1. The van der Waals surface area contributed by atoms with Crippen LogP contribution in [0.15, 0.2) is 29.2 Å². The Kier molecular flexibility index (Phi) is 4.65. The molecule has 0 aliphatic heterocycles. The normalized spacial score (nSPS) is 12.2. The Labute approximate surface area is 92.6 Å². The first-order chi connectivity index (χ1) is 7.13. The van der Waals surface area contributed by atoms with Crippen LogP contribution >= 0.6 is 0 Å². The first-order valence-electron chi connectivity index (χ1n) is 4.62. The zero-order valence-corrected chi connectivity index (χ0v) is 9.67. The zero-order valence-electron chi connectivity index (χ0n) is 8.86. The minimum Gasteiger partial charge on any atom is -0.612 e. The average Bonchev–Trinajstić information content (AvgIpc) is 2.26. The smallest absolute Gasteiger partial charge is 0.305 e. The molecule has 0 heterocycles. The zero-order chi connectivity index (χ0) is 11.3. The van der Waals surface area contributed by atoms with Crippen LogP contribution in [0.1, 0.15) is 12.0 Å². The Morgan fingerprint density at radius 2 is 2.00 bits per heavy atom. The summed E-state index contributed by atoms with van der Waals surface area (Å²) in [4.78, 5) is 11.7. The van der Waals surface area contributed by atoms with Crippen molar-refractivity contribution in [3.05, 3.63) is 29.8 Å². The molecule has 0 spiro atoms. The summed E-state index contributed by atoms with van der Waals surface area (Å²) < 4.78 is 15.7. The number of aryl methyl sites for hydroxylation is 1. The maximum absolute atomic E-state index is 11.1. The number of hydrogen-bond acceptors (Lipinski definition) is 3. The van der Waals surface area contributed by atoms with Crippen molar-refractivity contribution >= 4 is 17.1 Å². The van der Waals surface area contributed by atoms with Gasteiger partial charge in [-0.15, -0.1) is 0 Å². The van der Waals surface area contributed by atoms with Crippen molar-refractivity contribution in [3.63, 3.8) is 0 Å². The fraction of sp³-hybridized carbons (Fsp3) is 0.364. The first-order valence-corrected chi connectivity index (χ1v) is 6.18. The highest BCUT2D eigenvalue weighted by Crippen LogP contribution is 2.11. The summed E-state index contributed by atoms with van der Waals surface area (Å²) in [6.07, 6.45) is 2.68. The van der Waals surface area contributed by atoms with Gasteiger partial charge >= 0.3 is 5.97 Å². The monoisotopic (exact) mass is 226 g/mol. The molecule has 4 heteroatoms. The standard InChI is InChI=1S/C11H14O3S/c1-14-11(12)8-5-9-3-6-10(7-4-9)15(2)13/h3-4,6-7H,5,8H2,1-2H3. The molecule has 0 saturated carbocycles. The first kappa shape index (κ1) is 12.1. The second-order valence-corrected chi connectivity index (χ2v) is 4.55. The van der Waals surface area contributed by atoms with E-state index in [4.69, 9.17) is 0 Å². The third kappa shape index (κ3) is 3.93. The van der Waals surface area contributed by atoms with E-state index < -0.39 is 11.2 Å². The molecular formula is C11H14O3S. The lowest BCUT2D eigenvalue weighted by Gasteiger charge is -2.05. The van der Waals surface area contributed by atoms with Crippen LogP contribution in [-0.2, 0) is 27.1 Å². The fourth-order valence-electron chi connectivity index (χ4n) is 1.20. The number of carbonyl (C=O) groups excluding carboxylic acids is 1. The average molecular weight is 226 g/mol. The Hall–Kier alpha value is -1.00. The van der Waals surface area contributed by atoms with Gasteiger partial charge in [0.05, 0.1) is 7.11 Å². The van der Waals surface area contributed by atoms with E-state index in [0.717, 1.165) is 10.5 Å². The van der Waals surface area contributed by atoms with E-state index in [9.17, 15) is 9.35 Å². The molecule has 0 fully saturated rings. The highest BCUT2D eigenvalue weighted by Gasteiger charge is 2.05. The van der Waals surface area contributed by atoms with Crippen molar-refractivity contribution in [1.29, 1.82) is 0 Å². The molecule has 0 radical (unpaired) electrons. The van der Waals surface area contributed by atoms with Gasteiger partial charge in [0.2, 0.25) is 0 Å². The van der Waals surface area contributed by atoms with Gasteiger partial charge in [-0.25, -0.2) is 0 Å². The van der Waals surface area contributed by atoms with Gasteiger partial charge in [0.15, 0.2) is 4.90 Å². The predicted octanol–water partition coefficient (Wildman–Crippen LogP) is 1.53. The van der Waals surface area contributed by atoms with Gasteiger partial charge in [-0.05, 0) is 35.3 Å². The fourth-order valence-corrected chi connectivity index (χ4v) is 1.72. The molecule has 3 nitrogen and oxygen atoms in total. The summed E-state index contributed by atoms with van der Waals surface area (Å²) in [5.41, 5.74) is 1.05. The van der Waals surface area contributed by atoms with Crippen LogP contribution < -0.4 is 0 Å². The molecule has 1 aromatic carbocycles. The van der Waals surface area contributed by atoms with E-state index in [1.807, 2.05) is 24.3 Å². The molecule has 1 atom stereocenters. The summed E-state index contributed by atoms with van der Waals surface area (Å²) in [6, 6.07) is 7.42. The molecule has 1 aromatic rings. The van der Waals surface area contributed by atoms with Gasteiger partial charge in [-0.3, -0.25) is 4.79 Å². The number of hydrogen-bond donors (Lipinski definition) is 0. The summed E-state index contributed by atoms with van der Waals surface area (Å²) >= 11 is -0.943. The Bertz CT molecular complexity index is 319. The Morgan fingerprint density at radius 3 is 2.47 bits per heavy atom. The molecule has 82 valence electrons. The minimum absolute atomic E-state index is 0.210. The number of methoxy groups -OCH3 is 1. The highest BCUT2D eigenvalue weighted by molar-refractivity contribution is 7.90. The number of carbonyl (C=O) groups is 1. The van der Waals surface area contributed by atoms with Crippen molar-refractivity contribution in [1.82, 2.24) is 0 Å². The summed E-state index contributed by atoms with van der Waals surface area (Å²) in [7, 11) is 1.38. The van der Waals surface area contributed by atoms with Crippen LogP contribution in [0.3, 0.4) is 0 Å². The van der Waals surface area contributed by atoms with E-state index in [-0.39, 0.29) is 5.97 Å². The van der Waals surface area contributed by atoms with Crippen LogP contribution in [0.4, 0.5) is 0 Å². The summed E-state index contributed by atoms with van der Waals surface area (Å²) in [6.45, 7) is 0. The molecule has 0 amide bonds. The predicted molar refractivity (Wildman–Crippen MR) is 59.1 cm³/mol. The number of benzene rings is 1. The van der Waals surface area contributed by atoms with Crippen LogP contribution in [0, 0.1) is 0 Å². The van der Waals surface area contributed by atoms with E-state index in [2.05, 4.69) is 4.74 Å². The molecule has 1 rings (SSSR count). The molecule has 0 saturated heterocycles. The molecule has 0 aliphatic carbocycles. The van der Waals surface area contributed by atoms with Crippen molar-refractivity contribution in [2.75, 3.05) is 13.4 Å². The van der Waals surface area contributed by atoms with Crippen molar-refractivity contribution in [3.8, 4) is 0 Å². The Morgan fingerprint density at radius 1 is 1.40 bits per heavy atom. The molecular weight excluding hydrogens is 212 g/mol. The largest absolute Gasteiger partial charge is 0.612 e. The lowest BCUT2D eigenvalue weighted by Crippen LogP contribution is -2.02. The van der Waals surface area contributed by atoms with E-state index in [1.165, 1.54) is 7.11 Å². The van der Waals surface area contributed by atoms with Crippen LogP contribution in [-0.4, -0.2) is 23.9 Å². The topological polar surface area (TPSA) is 49.4 Å². The number of esters is 1. The van der Waals surface area contributed by atoms with Gasteiger partial charge in [-0.1, -0.05) is 12.1 Å². The molecule has 1 unspecified atom stereocenters. The van der Waals surface area contributed by atoms with Gasteiger partial charge in [0.1, 0.15) is 6.26 Å². The van der Waals surface area contributed by atoms with Gasteiger partial charge in [-0.2, -0.15) is 0 Å². The number of rotatable bonds is 4. The van der Waals surface area contributed by atoms with Gasteiger partial charge in [0, 0.05) is 6.42 Å². The quantitative estimate of drug-likeness (QED) is 0.578. The Balaban J connectivity index is 2.53. The second kappa shape index (κ2) is 5.78. The van der Waals surface area contributed by atoms with Gasteiger partial charge in [0.25, 0.3) is 0 Å². The summed E-state index contributed by atoms with van der Waals surface area (Å²) in [5.74, 6) is -0.210. The van der Waals surface area contributed by atoms with Crippen molar-refractivity contribution in [2.45, 2.75) is 17.7 Å². The molecule has 0 bridgehead atoms. The van der Waals surface area contributed by atoms with E-state index in [0.29, 0.717) is 12.8 Å². The second-order valence-electron chi connectivity index (χ2n) is 3.17. The van der Waals surface area contributed by atoms with Gasteiger partial charge < -0.3 is 9.29 Å². The van der Waals surface area contributed by atoms with E-state index >= 15 is 0 Å². The third-order valence-corrected chi connectivity index (χ3v) is 3.04. The maximum atomic E-state index is 11.1. The summed E-state index contributed by atoms with van der Waals surface area (Å²) in [5, 5.41) is 0. The molecule has 0 N–H and O–H groups in total. The van der Waals surface area contributed by atoms with Crippen molar-refractivity contribution in [2.24, 2.45) is 0 Å². The van der Waals surface area contributed by atoms with Crippen molar-refractivity contribution < 1.29 is 14.1 Å². The third-order valence-electron chi connectivity index (χ3n) is 2.10. The maximum Gasteiger partial charge on any atom is 0.305 e. The van der Waals surface area contributed by atoms with E-state index in [1.54, 1.807) is 6.26 Å². The van der Waals surface area contributed by atoms with Crippen LogP contribution in [0.25, 0.3) is 0 Å². The lowest BCUT2D eigenvalue weighted by atomic mass is 10.1. The molecule has 0 aliphatic rings. The SMILES string of the molecule is COC(=O)CCc1ccc([S+](C)[O-])cc1. The van der Waals surface area contributed by atoms with Crippen LogP contribution in [0.2, 0.25) is 0 Å². The van der Waals surface area contributed by atoms with Crippen LogP contribution in [0.5, 0.6) is 0 Å². The minimum atomic E-state index is -0.943. The molecule has 0 aromatic heterocycles.